The van der Waals surface area contributed by atoms with Gasteiger partial charge in [-0.15, -0.1) is 11.3 Å². The second kappa shape index (κ2) is 6.46. The monoisotopic (exact) mass is 325 g/mol. The van der Waals surface area contributed by atoms with Gasteiger partial charge >= 0.3 is 0 Å². The lowest BCUT2D eigenvalue weighted by molar-refractivity contribution is 0.0955. The molecular weight excluding hydrogens is 306 g/mol. The second-order valence-corrected chi connectivity index (χ2v) is 6.42. The van der Waals surface area contributed by atoms with Gasteiger partial charge in [0.15, 0.2) is 0 Å². The molecule has 0 saturated carbocycles. The number of hydrogen-bond donors (Lipinski definition) is 1. The zero-order valence-corrected chi connectivity index (χ0v) is 14.3. The van der Waals surface area contributed by atoms with Gasteiger partial charge in [0, 0.05) is 29.4 Å². The molecule has 0 spiro atoms. The molecule has 0 unspecified atom stereocenters. The lowest BCUT2D eigenvalue weighted by atomic mass is 10.0. The number of amides is 1. The summed E-state index contributed by atoms with van der Waals surface area (Å²) in [6.07, 6.45) is 0.745. The summed E-state index contributed by atoms with van der Waals surface area (Å²) in [5, 5.41) is 5.90. The number of carbonyl (C=O) groups is 1. The Morgan fingerprint density at radius 1 is 1.26 bits per heavy atom. The molecule has 5 heteroatoms. The Kier molecular flexibility index (Phi) is 4.39. The number of aromatic nitrogens is 2. The standard InChI is InChI=1S/C18H19N3OS/c1-11-4-5-15-16(8-12(2)21-17(15)13(11)3)18(22)19-7-6-14-9-23-10-20-14/h4-5,8-10H,6-7H2,1-3H3,(H,19,22). The largest absolute Gasteiger partial charge is 0.352 e. The summed E-state index contributed by atoms with van der Waals surface area (Å²) in [4.78, 5) is 21.4. The van der Waals surface area contributed by atoms with Gasteiger partial charge in [-0.25, -0.2) is 4.98 Å². The summed E-state index contributed by atoms with van der Waals surface area (Å²) in [7, 11) is 0. The number of aryl methyl sites for hydroxylation is 3. The zero-order chi connectivity index (χ0) is 16.4. The number of rotatable bonds is 4. The molecule has 0 aliphatic heterocycles. The fourth-order valence-corrected chi connectivity index (χ4v) is 3.20. The van der Waals surface area contributed by atoms with Crippen LogP contribution in [0.3, 0.4) is 0 Å². The van der Waals surface area contributed by atoms with E-state index in [1.165, 1.54) is 5.56 Å². The lowest BCUT2D eigenvalue weighted by Crippen LogP contribution is -2.26. The van der Waals surface area contributed by atoms with Gasteiger partial charge in [-0.05, 0) is 38.0 Å². The van der Waals surface area contributed by atoms with E-state index in [4.69, 9.17) is 0 Å². The highest BCUT2D eigenvalue weighted by Gasteiger charge is 2.13. The normalized spacial score (nSPS) is 10.9. The molecule has 0 saturated heterocycles. The number of carbonyl (C=O) groups excluding carboxylic acids is 1. The minimum atomic E-state index is -0.0565. The summed E-state index contributed by atoms with van der Waals surface area (Å²) in [6, 6.07) is 5.88. The third kappa shape index (κ3) is 3.24. The molecule has 0 bridgehead atoms. The summed E-state index contributed by atoms with van der Waals surface area (Å²) in [6.45, 7) is 6.62. The maximum absolute atomic E-state index is 12.6. The molecule has 2 aromatic heterocycles. The van der Waals surface area contributed by atoms with Crippen molar-refractivity contribution in [2.24, 2.45) is 0 Å². The van der Waals surface area contributed by atoms with Crippen LogP contribution in [0.15, 0.2) is 29.1 Å². The Morgan fingerprint density at radius 2 is 2.09 bits per heavy atom. The summed E-state index contributed by atoms with van der Waals surface area (Å²) in [5.41, 5.74) is 7.59. The zero-order valence-electron chi connectivity index (χ0n) is 13.5. The molecule has 0 radical (unpaired) electrons. The van der Waals surface area contributed by atoms with Crippen LogP contribution in [-0.2, 0) is 6.42 Å². The van der Waals surface area contributed by atoms with Crippen molar-refractivity contribution in [1.82, 2.24) is 15.3 Å². The minimum Gasteiger partial charge on any atom is -0.352 e. The van der Waals surface area contributed by atoms with Gasteiger partial charge in [-0.3, -0.25) is 9.78 Å². The van der Waals surface area contributed by atoms with E-state index >= 15 is 0 Å². The van der Waals surface area contributed by atoms with Crippen molar-refractivity contribution in [1.29, 1.82) is 0 Å². The predicted molar refractivity (Wildman–Crippen MR) is 94.1 cm³/mol. The minimum absolute atomic E-state index is 0.0565. The van der Waals surface area contributed by atoms with Crippen molar-refractivity contribution >= 4 is 28.1 Å². The van der Waals surface area contributed by atoms with E-state index in [9.17, 15) is 4.79 Å². The SMILES string of the molecule is Cc1cc(C(=O)NCCc2cscn2)c2ccc(C)c(C)c2n1. The smallest absolute Gasteiger partial charge is 0.252 e. The van der Waals surface area contributed by atoms with E-state index in [0.717, 1.165) is 34.3 Å². The fraction of sp³-hybridized carbons (Fsp3) is 0.278. The van der Waals surface area contributed by atoms with Crippen molar-refractivity contribution in [3.63, 3.8) is 0 Å². The third-order valence-electron chi connectivity index (χ3n) is 4.03. The Morgan fingerprint density at radius 3 is 2.83 bits per heavy atom. The van der Waals surface area contributed by atoms with Crippen LogP contribution in [0, 0.1) is 20.8 Å². The first-order chi connectivity index (χ1) is 11.1. The van der Waals surface area contributed by atoms with E-state index in [1.807, 2.05) is 42.9 Å². The molecule has 1 N–H and O–H groups in total. The molecule has 4 nitrogen and oxygen atoms in total. The molecule has 0 aliphatic rings. The van der Waals surface area contributed by atoms with Crippen molar-refractivity contribution in [2.75, 3.05) is 6.54 Å². The first-order valence-electron chi connectivity index (χ1n) is 7.59. The quantitative estimate of drug-likeness (QED) is 0.797. The first kappa shape index (κ1) is 15.6. The van der Waals surface area contributed by atoms with E-state index in [2.05, 4.69) is 22.2 Å². The molecule has 0 fully saturated rings. The Labute approximate surface area is 139 Å². The molecule has 3 rings (SSSR count). The molecule has 118 valence electrons. The van der Waals surface area contributed by atoms with E-state index in [0.29, 0.717) is 12.1 Å². The lowest BCUT2D eigenvalue weighted by Gasteiger charge is -2.11. The van der Waals surface area contributed by atoms with Crippen LogP contribution in [0.5, 0.6) is 0 Å². The van der Waals surface area contributed by atoms with E-state index in [-0.39, 0.29) is 5.91 Å². The number of thiazole rings is 1. The molecule has 0 aliphatic carbocycles. The second-order valence-electron chi connectivity index (χ2n) is 5.70. The van der Waals surface area contributed by atoms with Crippen LogP contribution in [0.1, 0.15) is 32.9 Å². The number of pyridine rings is 1. The van der Waals surface area contributed by atoms with Crippen LogP contribution in [-0.4, -0.2) is 22.4 Å². The van der Waals surface area contributed by atoms with Crippen molar-refractivity contribution < 1.29 is 4.79 Å². The van der Waals surface area contributed by atoms with Gasteiger partial charge in [-0.1, -0.05) is 12.1 Å². The summed E-state index contributed by atoms with van der Waals surface area (Å²) >= 11 is 1.57. The van der Waals surface area contributed by atoms with Crippen LogP contribution in [0.4, 0.5) is 0 Å². The van der Waals surface area contributed by atoms with Crippen molar-refractivity contribution in [3.05, 3.63) is 57.2 Å². The number of fused-ring (bicyclic) bond motifs is 1. The van der Waals surface area contributed by atoms with Crippen LogP contribution in [0.2, 0.25) is 0 Å². The van der Waals surface area contributed by atoms with E-state index in [1.54, 1.807) is 11.3 Å². The molecule has 1 aromatic carbocycles. The van der Waals surface area contributed by atoms with E-state index < -0.39 is 0 Å². The highest BCUT2D eigenvalue weighted by molar-refractivity contribution is 7.07. The number of nitrogens with zero attached hydrogens (tertiary/aromatic N) is 2. The average molecular weight is 325 g/mol. The number of benzene rings is 1. The number of nitrogens with one attached hydrogen (secondary N) is 1. The van der Waals surface area contributed by atoms with Gasteiger partial charge < -0.3 is 5.32 Å². The van der Waals surface area contributed by atoms with Crippen LogP contribution in [0.25, 0.3) is 10.9 Å². The predicted octanol–water partition coefficient (Wildman–Crippen LogP) is 3.59. The van der Waals surface area contributed by atoms with Crippen LogP contribution >= 0.6 is 11.3 Å². The van der Waals surface area contributed by atoms with Crippen molar-refractivity contribution in [3.8, 4) is 0 Å². The third-order valence-corrected chi connectivity index (χ3v) is 4.66. The molecule has 3 aromatic rings. The fourth-order valence-electron chi connectivity index (χ4n) is 2.61. The topological polar surface area (TPSA) is 54.9 Å². The van der Waals surface area contributed by atoms with Crippen LogP contribution < -0.4 is 5.32 Å². The maximum Gasteiger partial charge on any atom is 0.252 e. The summed E-state index contributed by atoms with van der Waals surface area (Å²) < 4.78 is 0. The maximum atomic E-state index is 12.6. The Balaban J connectivity index is 1.86. The first-order valence-corrected chi connectivity index (χ1v) is 8.53. The van der Waals surface area contributed by atoms with Gasteiger partial charge in [-0.2, -0.15) is 0 Å². The molecular formula is C18H19N3OS. The summed E-state index contributed by atoms with van der Waals surface area (Å²) in [5.74, 6) is -0.0565. The highest BCUT2D eigenvalue weighted by Crippen LogP contribution is 2.23. The average Bonchev–Trinajstić information content (AvgIpc) is 3.04. The van der Waals surface area contributed by atoms with Gasteiger partial charge in [0.25, 0.3) is 5.91 Å². The highest BCUT2D eigenvalue weighted by atomic mass is 32.1. The Bertz CT molecular complexity index is 856. The van der Waals surface area contributed by atoms with Gasteiger partial charge in [0.1, 0.15) is 0 Å². The molecule has 1 amide bonds. The van der Waals surface area contributed by atoms with Gasteiger partial charge in [0.05, 0.1) is 22.3 Å². The Hall–Kier alpha value is -2.27. The van der Waals surface area contributed by atoms with Crippen molar-refractivity contribution in [2.45, 2.75) is 27.2 Å². The molecule has 2 heterocycles. The van der Waals surface area contributed by atoms with Gasteiger partial charge in [0.2, 0.25) is 0 Å². The molecule has 23 heavy (non-hydrogen) atoms. The number of hydrogen-bond acceptors (Lipinski definition) is 4. The molecule has 0 atom stereocenters.